The fourth-order valence-corrected chi connectivity index (χ4v) is 1.68. The van der Waals surface area contributed by atoms with Gasteiger partial charge in [-0.25, -0.2) is 4.79 Å². The molecule has 0 bridgehead atoms. The number of nitrogens with zero attached hydrogens (tertiary/aromatic N) is 1. The Balaban J connectivity index is 2.71. The lowest BCUT2D eigenvalue weighted by atomic mass is 10.1. The molecular weight excluding hydrogens is 322 g/mol. The summed E-state index contributed by atoms with van der Waals surface area (Å²) in [4.78, 5) is 15.1. The van der Waals surface area contributed by atoms with Gasteiger partial charge in [0.15, 0.2) is 6.10 Å². The van der Waals surface area contributed by atoms with Crippen LogP contribution >= 0.6 is 23.2 Å². The third-order valence-corrected chi connectivity index (χ3v) is 3.33. The van der Waals surface area contributed by atoms with Crippen LogP contribution in [0.2, 0.25) is 10.0 Å². The topological polar surface area (TPSA) is 74.4 Å². The summed E-state index contributed by atoms with van der Waals surface area (Å²) < 4.78 is 23.6. The molecule has 118 valence electrons. The summed E-state index contributed by atoms with van der Waals surface area (Å²) in [5.41, 5.74) is 5.32. The fourth-order valence-electron chi connectivity index (χ4n) is 1.32. The van der Waals surface area contributed by atoms with Crippen LogP contribution in [-0.2, 0) is 9.53 Å². The van der Waals surface area contributed by atoms with E-state index in [4.69, 9.17) is 38.4 Å². The molecule has 1 aromatic heterocycles. The molecule has 2 N–H and O–H groups in total. The van der Waals surface area contributed by atoms with E-state index in [1.807, 2.05) is 13.8 Å². The van der Waals surface area contributed by atoms with Crippen LogP contribution in [0.5, 0.6) is 5.88 Å². The molecule has 0 saturated heterocycles. The average Bonchev–Trinajstić information content (AvgIpc) is 2.41. The van der Waals surface area contributed by atoms with Crippen molar-refractivity contribution in [3.05, 3.63) is 16.0 Å². The fraction of sp³-hybridized carbons (Fsp3) is 0.538. The highest BCUT2D eigenvalue weighted by Gasteiger charge is 2.22. The number of hydrogen-bond acceptors (Lipinski definition) is 5. The first kappa shape index (κ1) is 17.8. The summed E-state index contributed by atoms with van der Waals surface area (Å²) >= 11 is 11.4. The maximum absolute atomic E-state index is 13.4. The molecule has 0 aliphatic carbocycles. The van der Waals surface area contributed by atoms with E-state index in [9.17, 15) is 9.18 Å². The number of halogens is 3. The van der Waals surface area contributed by atoms with Crippen molar-refractivity contribution in [1.29, 1.82) is 0 Å². The number of nitrogens with two attached hydrogens (primary N) is 1. The normalized spacial score (nSPS) is 12.3. The molecule has 21 heavy (non-hydrogen) atoms. The van der Waals surface area contributed by atoms with Gasteiger partial charge in [0.1, 0.15) is 10.0 Å². The quantitative estimate of drug-likeness (QED) is 0.635. The van der Waals surface area contributed by atoms with E-state index in [0.717, 1.165) is 6.42 Å². The zero-order valence-corrected chi connectivity index (χ0v) is 13.5. The molecule has 0 radical (unpaired) electrons. The molecule has 0 unspecified atom stereocenters. The van der Waals surface area contributed by atoms with Gasteiger partial charge < -0.3 is 15.2 Å². The Kier molecular flexibility index (Phi) is 6.48. The molecule has 0 saturated carbocycles. The van der Waals surface area contributed by atoms with E-state index in [0.29, 0.717) is 5.92 Å². The number of rotatable bonds is 6. The number of nitrogen functional groups attached to an aromatic ring is 1. The number of aromatic nitrogens is 1. The maximum Gasteiger partial charge on any atom is 0.347 e. The summed E-state index contributed by atoms with van der Waals surface area (Å²) in [6.07, 6.45) is -0.262. The van der Waals surface area contributed by atoms with E-state index in [-0.39, 0.29) is 28.2 Å². The number of hydrogen-bond donors (Lipinski definition) is 1. The molecule has 0 fully saturated rings. The van der Waals surface area contributed by atoms with Crippen LogP contribution in [0.15, 0.2) is 0 Å². The summed E-state index contributed by atoms with van der Waals surface area (Å²) in [6.45, 7) is 5.74. The Labute approximate surface area is 132 Å². The van der Waals surface area contributed by atoms with Crippen LogP contribution in [0.3, 0.4) is 0 Å². The second-order valence-electron chi connectivity index (χ2n) is 4.86. The van der Waals surface area contributed by atoms with Gasteiger partial charge in [-0.15, -0.1) is 0 Å². The Morgan fingerprint density at radius 2 is 1.95 bits per heavy atom. The van der Waals surface area contributed by atoms with Gasteiger partial charge in [0.2, 0.25) is 11.8 Å². The smallest absolute Gasteiger partial charge is 0.347 e. The van der Waals surface area contributed by atoms with Crippen molar-refractivity contribution in [2.45, 2.75) is 33.3 Å². The molecular formula is C13H17Cl2FN2O3. The lowest BCUT2D eigenvalue weighted by Gasteiger charge is -2.15. The van der Waals surface area contributed by atoms with Crippen molar-refractivity contribution < 1.29 is 18.7 Å². The molecule has 0 aliphatic heterocycles. The van der Waals surface area contributed by atoms with E-state index in [2.05, 4.69) is 4.98 Å². The maximum atomic E-state index is 13.4. The van der Waals surface area contributed by atoms with Crippen LogP contribution in [0.4, 0.5) is 10.1 Å². The lowest BCUT2D eigenvalue weighted by molar-refractivity contribution is -0.151. The summed E-state index contributed by atoms with van der Waals surface area (Å²) in [5, 5.41) is -0.539. The Bertz CT molecular complexity index is 527. The van der Waals surface area contributed by atoms with Crippen LogP contribution in [0.25, 0.3) is 0 Å². The number of carbonyl (C=O) groups is 1. The third-order valence-electron chi connectivity index (χ3n) is 2.60. The van der Waals surface area contributed by atoms with Gasteiger partial charge in [-0.2, -0.15) is 9.37 Å². The summed E-state index contributed by atoms with van der Waals surface area (Å²) in [6, 6.07) is 0. The molecule has 1 aromatic rings. The highest BCUT2D eigenvalue weighted by Crippen LogP contribution is 2.35. The van der Waals surface area contributed by atoms with Gasteiger partial charge in [-0.05, 0) is 19.3 Å². The molecule has 1 heterocycles. The van der Waals surface area contributed by atoms with E-state index in [1.165, 1.54) is 6.92 Å². The van der Waals surface area contributed by atoms with Crippen molar-refractivity contribution in [2.24, 2.45) is 5.92 Å². The predicted molar refractivity (Wildman–Crippen MR) is 79.1 cm³/mol. The van der Waals surface area contributed by atoms with Gasteiger partial charge in [-0.3, -0.25) is 0 Å². The second kappa shape index (κ2) is 7.66. The standard InChI is InChI=1S/C13H17Cl2FN2O3/c1-6(2)4-5-20-13(19)7(3)21-12-9(15)10(17)8(14)11(16)18-12/h6-7H,4-5H2,1-3H3,(H2,17,18)/t7-/m1/s1. The largest absolute Gasteiger partial charge is 0.463 e. The van der Waals surface area contributed by atoms with Crippen molar-refractivity contribution in [2.75, 3.05) is 12.3 Å². The summed E-state index contributed by atoms with van der Waals surface area (Å²) in [7, 11) is 0. The lowest BCUT2D eigenvalue weighted by Crippen LogP contribution is -2.27. The molecule has 0 spiro atoms. The minimum Gasteiger partial charge on any atom is -0.463 e. The number of pyridine rings is 1. The zero-order chi connectivity index (χ0) is 16.2. The first-order chi connectivity index (χ1) is 9.73. The Morgan fingerprint density at radius 1 is 1.33 bits per heavy atom. The second-order valence-corrected chi connectivity index (χ2v) is 5.62. The van der Waals surface area contributed by atoms with Crippen LogP contribution in [0, 0.1) is 11.9 Å². The number of carbonyl (C=O) groups excluding carboxylic acids is 1. The number of esters is 1. The van der Waals surface area contributed by atoms with Crippen molar-refractivity contribution in [1.82, 2.24) is 4.98 Å². The van der Waals surface area contributed by atoms with Crippen molar-refractivity contribution in [3.63, 3.8) is 0 Å². The first-order valence-electron chi connectivity index (χ1n) is 6.37. The first-order valence-corrected chi connectivity index (χ1v) is 7.12. The van der Waals surface area contributed by atoms with E-state index >= 15 is 0 Å². The number of ether oxygens (including phenoxy) is 2. The minimum absolute atomic E-state index is 0.150. The van der Waals surface area contributed by atoms with E-state index in [1.54, 1.807) is 0 Å². The SMILES string of the molecule is CC(C)CCOC(=O)[C@@H](C)Oc1nc(F)c(Cl)c(N)c1Cl. The van der Waals surface area contributed by atoms with Crippen LogP contribution in [-0.4, -0.2) is 23.7 Å². The van der Waals surface area contributed by atoms with Gasteiger partial charge in [0.25, 0.3) is 0 Å². The molecule has 0 aromatic carbocycles. The Morgan fingerprint density at radius 3 is 2.52 bits per heavy atom. The van der Waals surface area contributed by atoms with Gasteiger partial charge >= 0.3 is 5.97 Å². The molecule has 1 rings (SSSR count). The number of anilines is 1. The van der Waals surface area contributed by atoms with Crippen LogP contribution < -0.4 is 10.5 Å². The van der Waals surface area contributed by atoms with Gasteiger partial charge in [-0.1, -0.05) is 37.0 Å². The molecule has 0 aliphatic rings. The van der Waals surface area contributed by atoms with Gasteiger partial charge in [0, 0.05) is 0 Å². The highest BCUT2D eigenvalue weighted by molar-refractivity contribution is 6.39. The third kappa shape index (κ3) is 4.89. The monoisotopic (exact) mass is 338 g/mol. The van der Waals surface area contributed by atoms with Crippen molar-refractivity contribution >= 4 is 34.9 Å². The van der Waals surface area contributed by atoms with E-state index < -0.39 is 18.0 Å². The Hall–Kier alpha value is -1.27. The molecule has 0 amide bonds. The van der Waals surface area contributed by atoms with Gasteiger partial charge in [0.05, 0.1) is 12.3 Å². The predicted octanol–water partition coefficient (Wildman–Crippen LogP) is 3.47. The van der Waals surface area contributed by atoms with Crippen LogP contribution in [0.1, 0.15) is 27.2 Å². The summed E-state index contributed by atoms with van der Waals surface area (Å²) in [5.74, 6) is -1.50. The van der Waals surface area contributed by atoms with Crippen molar-refractivity contribution in [3.8, 4) is 5.88 Å². The highest BCUT2D eigenvalue weighted by atomic mass is 35.5. The zero-order valence-electron chi connectivity index (χ0n) is 12.0. The molecule has 5 nitrogen and oxygen atoms in total. The average molecular weight is 339 g/mol. The molecule has 8 heteroatoms. The molecule has 1 atom stereocenters. The minimum atomic E-state index is -1.02.